The molecule has 0 aromatic heterocycles. The average molecular weight is 450 g/mol. The summed E-state index contributed by atoms with van der Waals surface area (Å²) in [6.45, 7) is 5.69. The van der Waals surface area contributed by atoms with E-state index in [4.69, 9.17) is 20.2 Å². The van der Waals surface area contributed by atoms with Gasteiger partial charge in [-0.1, -0.05) is 30.4 Å². The maximum absolute atomic E-state index is 6.44. The molecule has 9 heteroatoms. The molecule has 1 fully saturated rings. The van der Waals surface area contributed by atoms with Gasteiger partial charge in [-0.3, -0.25) is 5.01 Å². The Hall–Kier alpha value is -3.59. The van der Waals surface area contributed by atoms with Crippen molar-refractivity contribution in [3.63, 3.8) is 0 Å². The fourth-order valence-corrected chi connectivity index (χ4v) is 3.72. The molecule has 3 heterocycles. The molecular weight excluding hydrogens is 418 g/mol. The van der Waals surface area contributed by atoms with E-state index in [1.165, 1.54) is 0 Å². The molecule has 0 radical (unpaired) electrons. The Morgan fingerprint density at radius 3 is 2.67 bits per heavy atom. The summed E-state index contributed by atoms with van der Waals surface area (Å²) in [6, 6.07) is 9.81. The fourth-order valence-electron chi connectivity index (χ4n) is 3.72. The third-order valence-corrected chi connectivity index (χ3v) is 5.55. The van der Waals surface area contributed by atoms with E-state index < -0.39 is 6.23 Å². The number of hydrogen-bond acceptors (Lipinski definition) is 8. The SMILES string of the molecule is C\C=C/C(=C\N=C\N1CCOCC1)C1=NC(C2OC(c3ccccc3)=NN2C)=C(N)N(C)C1. The number of hydrogen-bond donors (Lipinski definition) is 1. The zero-order valence-electron chi connectivity index (χ0n) is 19.4. The Kier molecular flexibility index (Phi) is 7.09. The number of nitrogens with zero attached hydrogens (tertiary/aromatic N) is 6. The number of aliphatic imine (C=N–C) groups is 2. The topological polar surface area (TPSA) is 91.3 Å². The molecule has 3 aliphatic heterocycles. The van der Waals surface area contributed by atoms with Gasteiger partial charge >= 0.3 is 0 Å². The van der Waals surface area contributed by atoms with Gasteiger partial charge < -0.3 is 25.0 Å². The molecule has 1 aromatic carbocycles. The monoisotopic (exact) mass is 449 g/mol. The predicted octanol–water partition coefficient (Wildman–Crippen LogP) is 1.97. The summed E-state index contributed by atoms with van der Waals surface area (Å²) >= 11 is 0. The van der Waals surface area contributed by atoms with Gasteiger partial charge in [0.2, 0.25) is 12.1 Å². The molecular formula is C24H31N7O2. The molecule has 4 rings (SSSR count). The van der Waals surface area contributed by atoms with Crippen LogP contribution >= 0.6 is 0 Å². The van der Waals surface area contributed by atoms with Crippen LogP contribution in [0.2, 0.25) is 0 Å². The second-order valence-corrected chi connectivity index (χ2v) is 8.00. The lowest BCUT2D eigenvalue weighted by molar-refractivity contribution is 0.0701. The molecule has 33 heavy (non-hydrogen) atoms. The van der Waals surface area contributed by atoms with Crippen LogP contribution < -0.4 is 5.73 Å². The summed E-state index contributed by atoms with van der Waals surface area (Å²) in [6.07, 6.45) is 7.17. The first kappa shape index (κ1) is 22.6. The summed E-state index contributed by atoms with van der Waals surface area (Å²) in [5.74, 6) is 1.12. The molecule has 1 aromatic rings. The third kappa shape index (κ3) is 5.25. The van der Waals surface area contributed by atoms with Gasteiger partial charge in [-0.15, -0.1) is 5.10 Å². The first-order valence-corrected chi connectivity index (χ1v) is 11.1. The molecule has 0 bridgehead atoms. The molecule has 0 aliphatic carbocycles. The number of morpholine rings is 1. The highest BCUT2D eigenvalue weighted by molar-refractivity contribution is 6.05. The van der Waals surface area contributed by atoms with Gasteiger partial charge in [0.25, 0.3) is 0 Å². The van der Waals surface area contributed by atoms with E-state index in [0.717, 1.165) is 43.2 Å². The zero-order chi connectivity index (χ0) is 23.2. The van der Waals surface area contributed by atoms with Crippen LogP contribution in [0.3, 0.4) is 0 Å². The van der Waals surface area contributed by atoms with Crippen molar-refractivity contribution in [3.05, 3.63) is 71.3 Å². The molecule has 0 amide bonds. The van der Waals surface area contributed by atoms with E-state index in [-0.39, 0.29) is 0 Å². The Labute approximate surface area is 194 Å². The predicted molar refractivity (Wildman–Crippen MR) is 131 cm³/mol. The molecule has 1 unspecified atom stereocenters. The minimum absolute atomic E-state index is 0.512. The highest BCUT2D eigenvalue weighted by Crippen LogP contribution is 2.27. The number of allylic oxidation sites excluding steroid dienone is 2. The average Bonchev–Trinajstić information content (AvgIpc) is 3.23. The quantitative estimate of drug-likeness (QED) is 0.406. The molecule has 3 aliphatic rings. The van der Waals surface area contributed by atoms with Crippen molar-refractivity contribution in [3.8, 4) is 0 Å². The van der Waals surface area contributed by atoms with Crippen molar-refractivity contribution in [2.24, 2.45) is 20.8 Å². The number of nitrogens with two attached hydrogens (primary N) is 1. The van der Waals surface area contributed by atoms with E-state index in [9.17, 15) is 0 Å². The third-order valence-electron chi connectivity index (χ3n) is 5.55. The number of hydrazone groups is 1. The highest BCUT2D eigenvalue weighted by Gasteiger charge is 2.34. The molecule has 1 atom stereocenters. The lowest BCUT2D eigenvalue weighted by Gasteiger charge is -2.30. The van der Waals surface area contributed by atoms with Crippen LogP contribution in [-0.4, -0.2) is 85.9 Å². The van der Waals surface area contributed by atoms with Crippen molar-refractivity contribution >= 4 is 17.9 Å². The van der Waals surface area contributed by atoms with Gasteiger partial charge in [0.05, 0.1) is 31.8 Å². The van der Waals surface area contributed by atoms with Gasteiger partial charge in [0.1, 0.15) is 11.5 Å². The smallest absolute Gasteiger partial charge is 0.240 e. The van der Waals surface area contributed by atoms with Crippen molar-refractivity contribution < 1.29 is 9.47 Å². The first-order valence-electron chi connectivity index (χ1n) is 11.1. The van der Waals surface area contributed by atoms with Crippen molar-refractivity contribution in [1.82, 2.24) is 14.8 Å². The molecule has 174 valence electrons. The Morgan fingerprint density at radius 1 is 1.18 bits per heavy atom. The highest BCUT2D eigenvalue weighted by atomic mass is 16.5. The Bertz CT molecular complexity index is 1020. The first-order chi connectivity index (χ1) is 16.1. The Morgan fingerprint density at radius 2 is 1.94 bits per heavy atom. The normalized spacial score (nSPS) is 22.3. The van der Waals surface area contributed by atoms with Crippen LogP contribution in [0.15, 0.2) is 80.9 Å². The summed E-state index contributed by atoms with van der Waals surface area (Å²) < 4.78 is 11.6. The van der Waals surface area contributed by atoms with Gasteiger partial charge in [0, 0.05) is 44.5 Å². The molecule has 2 N–H and O–H groups in total. The zero-order valence-corrected chi connectivity index (χ0v) is 19.4. The largest absolute Gasteiger partial charge is 0.444 e. The maximum atomic E-state index is 6.44. The molecule has 9 nitrogen and oxygen atoms in total. The van der Waals surface area contributed by atoms with Crippen molar-refractivity contribution in [2.75, 3.05) is 46.9 Å². The molecule has 0 spiro atoms. The second kappa shape index (κ2) is 10.4. The van der Waals surface area contributed by atoms with Gasteiger partial charge in [0.15, 0.2) is 0 Å². The van der Waals surface area contributed by atoms with Crippen LogP contribution in [0.1, 0.15) is 12.5 Å². The van der Waals surface area contributed by atoms with E-state index in [2.05, 4.69) is 15.0 Å². The van der Waals surface area contributed by atoms with E-state index >= 15 is 0 Å². The fraction of sp³-hybridized carbons (Fsp3) is 0.375. The van der Waals surface area contributed by atoms with E-state index in [1.807, 2.05) is 80.9 Å². The standard InChI is InChI=1S/C24H31N7O2/c1-4-8-19(15-26-17-31-11-13-32-14-12-31)20-16-29(2)22(25)21(27-20)24-30(3)28-23(33-24)18-9-6-5-7-10-18/h4-10,15,17,24H,11-14,16,25H2,1-3H3/b8-4-,19-15+,26-17+. The van der Waals surface area contributed by atoms with Gasteiger partial charge in [-0.25, -0.2) is 9.98 Å². The van der Waals surface area contributed by atoms with Crippen molar-refractivity contribution in [1.29, 1.82) is 0 Å². The summed E-state index contributed by atoms with van der Waals surface area (Å²) in [7, 11) is 3.81. The number of rotatable bonds is 6. The molecule has 0 saturated carbocycles. The summed E-state index contributed by atoms with van der Waals surface area (Å²) in [5, 5.41) is 6.32. The molecule has 1 saturated heterocycles. The number of benzene rings is 1. The lowest BCUT2D eigenvalue weighted by atomic mass is 10.1. The van der Waals surface area contributed by atoms with Gasteiger partial charge in [-0.2, -0.15) is 0 Å². The van der Waals surface area contributed by atoms with Crippen LogP contribution in [-0.2, 0) is 9.47 Å². The number of ether oxygens (including phenoxy) is 2. The van der Waals surface area contributed by atoms with Gasteiger partial charge in [-0.05, 0) is 19.1 Å². The van der Waals surface area contributed by atoms with E-state index in [0.29, 0.717) is 24.0 Å². The second-order valence-electron chi connectivity index (χ2n) is 8.00. The number of likely N-dealkylation sites (N-methyl/N-ethyl adjacent to an activating group) is 1. The van der Waals surface area contributed by atoms with Crippen LogP contribution in [0.4, 0.5) is 0 Å². The van der Waals surface area contributed by atoms with Crippen molar-refractivity contribution in [2.45, 2.75) is 13.2 Å². The summed E-state index contributed by atoms with van der Waals surface area (Å²) in [5.41, 5.74) is 9.76. The minimum Gasteiger partial charge on any atom is -0.444 e. The summed E-state index contributed by atoms with van der Waals surface area (Å²) in [4.78, 5) is 13.6. The van der Waals surface area contributed by atoms with Crippen LogP contribution in [0.5, 0.6) is 0 Å². The van der Waals surface area contributed by atoms with E-state index in [1.54, 1.807) is 5.01 Å². The van der Waals surface area contributed by atoms with Crippen LogP contribution in [0, 0.1) is 0 Å². The van der Waals surface area contributed by atoms with Crippen LogP contribution in [0.25, 0.3) is 0 Å². The lowest BCUT2D eigenvalue weighted by Crippen LogP contribution is -2.39. The minimum atomic E-state index is -0.512. The maximum Gasteiger partial charge on any atom is 0.240 e. The Balaban J connectivity index is 1.57.